The van der Waals surface area contributed by atoms with Gasteiger partial charge in [-0.3, -0.25) is 0 Å². The maximum Gasteiger partial charge on any atom is 0.134 e. The van der Waals surface area contributed by atoms with E-state index in [-0.39, 0.29) is 0 Å². The summed E-state index contributed by atoms with van der Waals surface area (Å²) in [5.74, 6) is 1.96. The lowest BCUT2D eigenvalue weighted by molar-refractivity contribution is 0.417. The molecule has 0 bridgehead atoms. The first kappa shape index (κ1) is 13.9. The van der Waals surface area contributed by atoms with Crippen molar-refractivity contribution in [2.45, 2.75) is 26.3 Å². The molecule has 21 heavy (non-hydrogen) atoms. The second-order valence-electron chi connectivity index (χ2n) is 5.25. The van der Waals surface area contributed by atoms with E-state index in [4.69, 9.17) is 4.42 Å². The van der Waals surface area contributed by atoms with Crippen LogP contribution >= 0.6 is 0 Å². The predicted octanol–water partition coefficient (Wildman–Crippen LogP) is 5.16. The van der Waals surface area contributed by atoms with Crippen LogP contribution in [-0.4, -0.2) is 6.54 Å². The highest BCUT2D eigenvalue weighted by Gasteiger charge is 2.14. The van der Waals surface area contributed by atoms with Crippen LogP contribution in [0.4, 0.5) is 0 Å². The molecule has 0 aliphatic carbocycles. The van der Waals surface area contributed by atoms with E-state index in [1.807, 2.05) is 0 Å². The van der Waals surface area contributed by atoms with Crippen molar-refractivity contribution in [3.63, 3.8) is 0 Å². The van der Waals surface area contributed by atoms with E-state index < -0.39 is 0 Å². The number of nitrogens with one attached hydrogen (secondary N) is 1. The molecule has 2 aromatic carbocycles. The molecule has 108 valence electrons. The van der Waals surface area contributed by atoms with Crippen molar-refractivity contribution < 1.29 is 4.42 Å². The monoisotopic (exact) mass is 279 g/mol. The molecule has 1 atom stereocenters. The van der Waals surface area contributed by atoms with Crippen molar-refractivity contribution in [2.75, 3.05) is 6.54 Å². The van der Waals surface area contributed by atoms with E-state index in [0.29, 0.717) is 6.04 Å². The average molecular weight is 279 g/mol. The third-order valence-electron chi connectivity index (χ3n) is 3.88. The fraction of sp³-hybridized carbons (Fsp3) is 0.263. The quantitative estimate of drug-likeness (QED) is 0.697. The number of benzene rings is 2. The first-order chi connectivity index (χ1) is 10.3. The van der Waals surface area contributed by atoms with Crippen molar-refractivity contribution >= 4 is 10.8 Å². The molecule has 1 aromatic heterocycles. The molecule has 1 N–H and O–H groups in total. The Labute approximate surface area is 125 Å². The van der Waals surface area contributed by atoms with Crippen LogP contribution < -0.4 is 5.32 Å². The van der Waals surface area contributed by atoms with Gasteiger partial charge in [0, 0.05) is 5.56 Å². The summed E-state index contributed by atoms with van der Waals surface area (Å²) in [5.41, 5.74) is 1.16. The van der Waals surface area contributed by atoms with E-state index in [2.05, 4.69) is 73.8 Å². The van der Waals surface area contributed by atoms with Gasteiger partial charge in [-0.2, -0.15) is 0 Å². The molecule has 2 heteroatoms. The SMILES string of the molecule is CCNC(CC)c1ccc(-c2cccc3ccccc23)o1. The fourth-order valence-electron chi connectivity index (χ4n) is 2.82. The Kier molecular flexibility index (Phi) is 4.07. The van der Waals surface area contributed by atoms with Crippen molar-refractivity contribution in [1.82, 2.24) is 5.32 Å². The largest absolute Gasteiger partial charge is 0.459 e. The Morgan fingerprint density at radius 3 is 2.57 bits per heavy atom. The zero-order valence-electron chi connectivity index (χ0n) is 12.6. The molecule has 0 aliphatic heterocycles. The molecule has 0 spiro atoms. The first-order valence-corrected chi connectivity index (χ1v) is 7.64. The maximum atomic E-state index is 6.12. The van der Waals surface area contributed by atoms with Crippen LogP contribution in [0, 0.1) is 0 Å². The molecule has 0 saturated heterocycles. The van der Waals surface area contributed by atoms with E-state index in [0.717, 1.165) is 30.0 Å². The van der Waals surface area contributed by atoms with Crippen molar-refractivity contribution in [3.05, 3.63) is 60.4 Å². The van der Waals surface area contributed by atoms with Crippen LogP contribution in [-0.2, 0) is 0 Å². The second kappa shape index (κ2) is 6.15. The fourth-order valence-corrected chi connectivity index (χ4v) is 2.82. The Morgan fingerprint density at radius 2 is 1.76 bits per heavy atom. The van der Waals surface area contributed by atoms with Gasteiger partial charge in [0.1, 0.15) is 11.5 Å². The molecular formula is C19H21NO. The highest BCUT2D eigenvalue weighted by molar-refractivity contribution is 5.95. The first-order valence-electron chi connectivity index (χ1n) is 7.64. The van der Waals surface area contributed by atoms with Gasteiger partial charge in [0.15, 0.2) is 0 Å². The summed E-state index contributed by atoms with van der Waals surface area (Å²) >= 11 is 0. The summed E-state index contributed by atoms with van der Waals surface area (Å²) in [6, 6.07) is 19.2. The van der Waals surface area contributed by atoms with E-state index >= 15 is 0 Å². The summed E-state index contributed by atoms with van der Waals surface area (Å²) < 4.78 is 6.12. The van der Waals surface area contributed by atoms with E-state index in [1.165, 1.54) is 10.8 Å². The Balaban J connectivity index is 2.02. The number of hydrogen-bond donors (Lipinski definition) is 1. The molecular weight excluding hydrogens is 258 g/mol. The Bertz CT molecular complexity index is 724. The third-order valence-corrected chi connectivity index (χ3v) is 3.88. The maximum absolute atomic E-state index is 6.12. The van der Waals surface area contributed by atoms with Gasteiger partial charge in [-0.05, 0) is 35.9 Å². The summed E-state index contributed by atoms with van der Waals surface area (Å²) in [6.45, 7) is 5.24. The molecule has 0 amide bonds. The molecule has 1 heterocycles. The van der Waals surface area contributed by atoms with E-state index in [1.54, 1.807) is 0 Å². The number of hydrogen-bond acceptors (Lipinski definition) is 2. The van der Waals surface area contributed by atoms with Crippen molar-refractivity contribution in [3.8, 4) is 11.3 Å². The van der Waals surface area contributed by atoms with Gasteiger partial charge in [-0.15, -0.1) is 0 Å². The highest BCUT2D eigenvalue weighted by Crippen LogP contribution is 2.31. The van der Waals surface area contributed by atoms with Crippen LogP contribution in [0.2, 0.25) is 0 Å². The summed E-state index contributed by atoms with van der Waals surface area (Å²) in [5, 5.41) is 5.93. The van der Waals surface area contributed by atoms with Crippen molar-refractivity contribution in [2.24, 2.45) is 0 Å². The minimum absolute atomic E-state index is 0.290. The standard InChI is InChI=1S/C19H21NO/c1-3-17(20-4-2)19-13-12-18(21-19)16-11-7-9-14-8-5-6-10-15(14)16/h5-13,17,20H,3-4H2,1-2H3. The van der Waals surface area contributed by atoms with Gasteiger partial charge in [-0.1, -0.05) is 56.3 Å². The molecule has 0 aliphatic rings. The normalized spacial score (nSPS) is 12.7. The topological polar surface area (TPSA) is 25.2 Å². The van der Waals surface area contributed by atoms with Gasteiger partial charge in [0.05, 0.1) is 6.04 Å². The van der Waals surface area contributed by atoms with Crippen LogP contribution in [0.25, 0.3) is 22.1 Å². The lowest BCUT2D eigenvalue weighted by Gasteiger charge is -2.12. The molecule has 1 unspecified atom stereocenters. The summed E-state index contributed by atoms with van der Waals surface area (Å²) in [7, 11) is 0. The smallest absolute Gasteiger partial charge is 0.134 e. The van der Waals surface area contributed by atoms with Gasteiger partial charge >= 0.3 is 0 Å². The Hall–Kier alpha value is -2.06. The zero-order valence-corrected chi connectivity index (χ0v) is 12.6. The Morgan fingerprint density at radius 1 is 0.952 bits per heavy atom. The minimum Gasteiger partial charge on any atom is -0.459 e. The average Bonchev–Trinajstić information content (AvgIpc) is 3.01. The molecule has 0 radical (unpaired) electrons. The van der Waals surface area contributed by atoms with Crippen molar-refractivity contribution in [1.29, 1.82) is 0 Å². The van der Waals surface area contributed by atoms with Crippen LogP contribution in [0.1, 0.15) is 32.1 Å². The van der Waals surface area contributed by atoms with E-state index in [9.17, 15) is 0 Å². The predicted molar refractivity (Wildman–Crippen MR) is 88.4 cm³/mol. The third kappa shape index (κ3) is 2.72. The van der Waals surface area contributed by atoms with Crippen LogP contribution in [0.15, 0.2) is 59.0 Å². The molecule has 3 rings (SSSR count). The lowest BCUT2D eigenvalue weighted by atomic mass is 10.0. The highest BCUT2D eigenvalue weighted by atomic mass is 16.3. The molecule has 0 fully saturated rings. The number of furan rings is 1. The van der Waals surface area contributed by atoms with Crippen LogP contribution in [0.3, 0.4) is 0 Å². The number of rotatable bonds is 5. The van der Waals surface area contributed by atoms with Gasteiger partial charge in [0.2, 0.25) is 0 Å². The second-order valence-corrected chi connectivity index (χ2v) is 5.25. The summed E-state index contributed by atoms with van der Waals surface area (Å²) in [4.78, 5) is 0. The zero-order chi connectivity index (χ0) is 14.7. The molecule has 3 aromatic rings. The van der Waals surface area contributed by atoms with Crippen LogP contribution in [0.5, 0.6) is 0 Å². The summed E-state index contributed by atoms with van der Waals surface area (Å²) in [6.07, 6.45) is 1.02. The van der Waals surface area contributed by atoms with Gasteiger partial charge < -0.3 is 9.73 Å². The van der Waals surface area contributed by atoms with Gasteiger partial charge in [0.25, 0.3) is 0 Å². The molecule has 0 saturated carbocycles. The lowest BCUT2D eigenvalue weighted by Crippen LogP contribution is -2.19. The minimum atomic E-state index is 0.290. The molecule has 2 nitrogen and oxygen atoms in total. The van der Waals surface area contributed by atoms with Gasteiger partial charge in [-0.25, -0.2) is 0 Å². The number of fused-ring (bicyclic) bond motifs is 1.